The van der Waals surface area contributed by atoms with E-state index in [1.165, 1.54) is 70.8 Å². The van der Waals surface area contributed by atoms with Crippen molar-refractivity contribution < 1.29 is 9.15 Å². The number of hydrogen-bond donors (Lipinski definition) is 0. The van der Waals surface area contributed by atoms with Gasteiger partial charge in [-0.25, -0.2) is 0 Å². The Kier molecular flexibility index (Phi) is 5.68. The van der Waals surface area contributed by atoms with Crippen molar-refractivity contribution in [3.05, 3.63) is 41.8 Å². The van der Waals surface area contributed by atoms with Gasteiger partial charge >= 0.3 is 6.01 Å². The van der Waals surface area contributed by atoms with E-state index in [0.29, 0.717) is 11.4 Å². The van der Waals surface area contributed by atoms with Gasteiger partial charge in [0.05, 0.1) is 0 Å². The summed E-state index contributed by atoms with van der Waals surface area (Å²) in [7, 11) is 0. The average molecular weight is 437 g/mol. The molecule has 0 radical (unpaired) electrons. The summed E-state index contributed by atoms with van der Waals surface area (Å²) in [4.78, 5) is 5.05. The van der Waals surface area contributed by atoms with E-state index < -0.39 is 0 Å². The number of ether oxygens (including phenoxy) is 1. The van der Waals surface area contributed by atoms with E-state index in [9.17, 15) is 0 Å². The summed E-state index contributed by atoms with van der Waals surface area (Å²) >= 11 is 0. The van der Waals surface area contributed by atoms with Crippen LogP contribution in [0.5, 0.6) is 0 Å². The van der Waals surface area contributed by atoms with E-state index >= 15 is 0 Å². The molecule has 4 aliphatic rings. The molecule has 1 aromatic heterocycles. The highest BCUT2D eigenvalue weighted by molar-refractivity contribution is 5.33. The first-order valence-electron chi connectivity index (χ1n) is 12.7. The van der Waals surface area contributed by atoms with Crippen molar-refractivity contribution in [1.82, 2.24) is 15.1 Å². The van der Waals surface area contributed by atoms with Gasteiger partial charge in [-0.05, 0) is 87.4 Å². The molecular formula is C26H36N4O2. The smallest absolute Gasteiger partial charge is 0.317 e. The number of piperidine rings is 1. The Morgan fingerprint density at radius 3 is 2.59 bits per heavy atom. The minimum absolute atomic E-state index is 0.478. The summed E-state index contributed by atoms with van der Waals surface area (Å²) < 4.78 is 11.0. The Labute approximate surface area is 191 Å². The fourth-order valence-corrected chi connectivity index (χ4v) is 6.93. The standard InChI is InChI=1S/C26H36N4O2/c1-2-4-24(22(3-1)15-20-8-13-31-14-9-20)21-6-11-29(12-7-21)23-5-10-26(16-23)17-30(18-26)25-28-27-19-32-25/h1-4,19-21,23H,5-18H2. The summed E-state index contributed by atoms with van der Waals surface area (Å²) in [5.41, 5.74) is 3.72. The SMILES string of the molecule is c1ccc(C2CCN(C3CCC4(C3)CN(c3nnco3)C4)CC2)c(CC2CCOCC2)c1. The third kappa shape index (κ3) is 4.08. The maximum absolute atomic E-state index is 5.58. The molecule has 3 saturated heterocycles. The molecule has 2 aromatic rings. The van der Waals surface area contributed by atoms with Gasteiger partial charge in [-0.3, -0.25) is 0 Å². The summed E-state index contributed by atoms with van der Waals surface area (Å²) in [5.74, 6) is 1.53. The average Bonchev–Trinajstić information content (AvgIpc) is 3.50. The fourth-order valence-electron chi connectivity index (χ4n) is 6.93. The van der Waals surface area contributed by atoms with Crippen LogP contribution in [0.15, 0.2) is 35.1 Å². The van der Waals surface area contributed by atoms with E-state index in [-0.39, 0.29) is 0 Å². The van der Waals surface area contributed by atoms with Crippen molar-refractivity contribution in [2.75, 3.05) is 44.3 Å². The largest absolute Gasteiger partial charge is 0.411 e. The van der Waals surface area contributed by atoms with Crippen LogP contribution in [-0.4, -0.2) is 60.5 Å². The van der Waals surface area contributed by atoms with Gasteiger partial charge in [-0.15, -0.1) is 5.10 Å². The monoisotopic (exact) mass is 436 g/mol. The lowest BCUT2D eigenvalue weighted by atomic mass is 9.78. The first-order valence-corrected chi connectivity index (χ1v) is 12.7. The van der Waals surface area contributed by atoms with Crippen molar-refractivity contribution in [2.45, 2.75) is 63.3 Å². The normalized spacial score (nSPS) is 27.1. The number of aromatic nitrogens is 2. The van der Waals surface area contributed by atoms with Crippen LogP contribution in [0.1, 0.15) is 62.0 Å². The molecule has 6 rings (SSSR count). The van der Waals surface area contributed by atoms with Crippen molar-refractivity contribution in [3.8, 4) is 0 Å². The molecular weight excluding hydrogens is 400 g/mol. The molecule has 1 aromatic carbocycles. The Morgan fingerprint density at radius 1 is 1.00 bits per heavy atom. The minimum atomic E-state index is 0.478. The maximum Gasteiger partial charge on any atom is 0.317 e. The van der Waals surface area contributed by atoms with Crippen molar-refractivity contribution in [2.24, 2.45) is 11.3 Å². The molecule has 1 aliphatic carbocycles. The first kappa shape index (κ1) is 20.7. The molecule has 0 amide bonds. The highest BCUT2D eigenvalue weighted by Crippen LogP contribution is 2.48. The van der Waals surface area contributed by atoms with Gasteiger partial charge in [0.15, 0.2) is 0 Å². The molecule has 4 fully saturated rings. The van der Waals surface area contributed by atoms with Crippen LogP contribution in [0, 0.1) is 11.3 Å². The Morgan fingerprint density at radius 2 is 1.81 bits per heavy atom. The molecule has 1 spiro atoms. The number of likely N-dealkylation sites (tertiary alicyclic amines) is 1. The van der Waals surface area contributed by atoms with Gasteiger partial charge < -0.3 is 19.0 Å². The quantitative estimate of drug-likeness (QED) is 0.697. The molecule has 1 atom stereocenters. The van der Waals surface area contributed by atoms with Gasteiger partial charge in [0.2, 0.25) is 6.39 Å². The zero-order valence-corrected chi connectivity index (χ0v) is 19.1. The molecule has 0 bridgehead atoms. The van der Waals surface area contributed by atoms with Gasteiger partial charge in [0.25, 0.3) is 0 Å². The molecule has 32 heavy (non-hydrogen) atoms. The van der Waals surface area contributed by atoms with Gasteiger partial charge in [0, 0.05) is 37.8 Å². The number of nitrogens with zero attached hydrogens (tertiary/aromatic N) is 4. The second-order valence-electron chi connectivity index (χ2n) is 10.7. The predicted molar refractivity (Wildman–Crippen MR) is 124 cm³/mol. The van der Waals surface area contributed by atoms with Crippen LogP contribution < -0.4 is 4.90 Å². The molecule has 0 N–H and O–H groups in total. The molecule has 1 unspecified atom stereocenters. The first-order chi connectivity index (χ1) is 15.8. The van der Waals surface area contributed by atoms with Crippen LogP contribution in [0.25, 0.3) is 0 Å². The lowest BCUT2D eigenvalue weighted by Gasteiger charge is -2.48. The topological polar surface area (TPSA) is 54.6 Å². The van der Waals surface area contributed by atoms with E-state index in [0.717, 1.165) is 44.2 Å². The third-order valence-electron chi connectivity index (χ3n) is 8.74. The number of hydrogen-bond acceptors (Lipinski definition) is 6. The highest BCUT2D eigenvalue weighted by atomic mass is 16.5. The Balaban J connectivity index is 1.03. The summed E-state index contributed by atoms with van der Waals surface area (Å²) in [5, 5.41) is 7.90. The molecule has 6 nitrogen and oxygen atoms in total. The second kappa shape index (κ2) is 8.79. The van der Waals surface area contributed by atoms with Crippen LogP contribution in [0.4, 0.5) is 6.01 Å². The lowest BCUT2D eigenvalue weighted by Crippen LogP contribution is -2.56. The molecule has 4 heterocycles. The second-order valence-corrected chi connectivity index (χ2v) is 10.7. The summed E-state index contributed by atoms with van der Waals surface area (Å²) in [6.07, 6.45) is 11.8. The van der Waals surface area contributed by atoms with Crippen LogP contribution >= 0.6 is 0 Å². The molecule has 172 valence electrons. The van der Waals surface area contributed by atoms with E-state index in [2.05, 4.69) is 44.3 Å². The number of benzene rings is 1. The van der Waals surface area contributed by atoms with Gasteiger partial charge in [-0.2, -0.15) is 0 Å². The van der Waals surface area contributed by atoms with Crippen LogP contribution in [0.2, 0.25) is 0 Å². The minimum Gasteiger partial charge on any atom is -0.411 e. The summed E-state index contributed by atoms with van der Waals surface area (Å²) in [6, 6.07) is 10.8. The lowest BCUT2D eigenvalue weighted by molar-refractivity contribution is 0.0664. The predicted octanol–water partition coefficient (Wildman–Crippen LogP) is 4.28. The van der Waals surface area contributed by atoms with Crippen LogP contribution in [-0.2, 0) is 11.2 Å². The zero-order chi connectivity index (χ0) is 21.4. The van der Waals surface area contributed by atoms with Crippen LogP contribution in [0.3, 0.4) is 0 Å². The molecule has 3 aliphatic heterocycles. The van der Waals surface area contributed by atoms with Crippen molar-refractivity contribution >= 4 is 6.01 Å². The summed E-state index contributed by atoms with van der Waals surface area (Å²) in [6.45, 7) is 6.57. The number of anilines is 1. The van der Waals surface area contributed by atoms with E-state index in [4.69, 9.17) is 9.15 Å². The van der Waals surface area contributed by atoms with Gasteiger partial charge in [0.1, 0.15) is 0 Å². The third-order valence-corrected chi connectivity index (χ3v) is 8.74. The molecule has 1 saturated carbocycles. The molecule has 6 heteroatoms. The van der Waals surface area contributed by atoms with E-state index in [1.54, 1.807) is 11.1 Å². The number of rotatable bonds is 5. The maximum atomic E-state index is 5.58. The van der Waals surface area contributed by atoms with Gasteiger partial charge in [-0.1, -0.05) is 29.4 Å². The Hall–Kier alpha value is -1.92. The van der Waals surface area contributed by atoms with Crippen molar-refractivity contribution in [1.29, 1.82) is 0 Å². The zero-order valence-electron chi connectivity index (χ0n) is 19.1. The Bertz CT molecular complexity index is 881. The van der Waals surface area contributed by atoms with Crippen molar-refractivity contribution in [3.63, 3.8) is 0 Å². The van der Waals surface area contributed by atoms with E-state index in [1.807, 2.05) is 0 Å². The highest BCUT2D eigenvalue weighted by Gasteiger charge is 2.50. The fraction of sp³-hybridized carbons (Fsp3) is 0.692.